The van der Waals surface area contributed by atoms with Gasteiger partial charge in [-0.1, -0.05) is 6.92 Å². The Labute approximate surface area is 150 Å². The highest BCUT2D eigenvalue weighted by molar-refractivity contribution is 5.95. The number of rotatable bonds is 7. The zero-order valence-corrected chi connectivity index (χ0v) is 14.5. The first-order valence-corrected chi connectivity index (χ1v) is 8.02. The summed E-state index contributed by atoms with van der Waals surface area (Å²) in [7, 11) is 0. The average Bonchev–Trinajstić information content (AvgIpc) is 2.65. The van der Waals surface area contributed by atoms with Crippen LogP contribution in [0.5, 0.6) is 0 Å². The van der Waals surface area contributed by atoms with E-state index in [2.05, 4.69) is 15.3 Å². The van der Waals surface area contributed by atoms with E-state index in [1.54, 1.807) is 31.2 Å². The van der Waals surface area contributed by atoms with Crippen molar-refractivity contribution in [2.75, 3.05) is 18.5 Å². The van der Waals surface area contributed by atoms with Crippen LogP contribution in [-0.2, 0) is 14.3 Å². The minimum absolute atomic E-state index is 0.0262. The van der Waals surface area contributed by atoms with Crippen molar-refractivity contribution < 1.29 is 23.9 Å². The van der Waals surface area contributed by atoms with Gasteiger partial charge in [-0.3, -0.25) is 9.78 Å². The maximum Gasteiger partial charge on any atom is 0.359 e. The van der Waals surface area contributed by atoms with Gasteiger partial charge in [0.25, 0.3) is 5.91 Å². The van der Waals surface area contributed by atoms with E-state index in [0.29, 0.717) is 23.6 Å². The lowest BCUT2D eigenvalue weighted by molar-refractivity contribution is -0.119. The third kappa shape index (κ3) is 5.66. The minimum Gasteiger partial charge on any atom is -0.462 e. The molecule has 0 aliphatic heterocycles. The van der Waals surface area contributed by atoms with Crippen molar-refractivity contribution in [2.45, 2.75) is 20.3 Å². The summed E-state index contributed by atoms with van der Waals surface area (Å²) in [6, 6.07) is 6.21. The summed E-state index contributed by atoms with van der Waals surface area (Å²) in [5.74, 6) is -1.67. The fourth-order valence-electron chi connectivity index (χ4n) is 1.87. The second kappa shape index (κ2) is 9.26. The number of carbonyl (C=O) groups is 3. The molecule has 0 spiro atoms. The Hall–Kier alpha value is -3.29. The molecule has 0 bridgehead atoms. The summed E-state index contributed by atoms with van der Waals surface area (Å²) in [5, 5.41) is 2.56. The van der Waals surface area contributed by atoms with E-state index in [1.165, 1.54) is 12.4 Å². The molecule has 1 amide bonds. The summed E-state index contributed by atoms with van der Waals surface area (Å²) in [4.78, 5) is 43.1. The van der Waals surface area contributed by atoms with Gasteiger partial charge >= 0.3 is 11.9 Å². The van der Waals surface area contributed by atoms with Crippen LogP contribution < -0.4 is 5.32 Å². The molecule has 1 N–H and O–H groups in total. The summed E-state index contributed by atoms with van der Waals surface area (Å²) in [6.07, 6.45) is 3.46. The van der Waals surface area contributed by atoms with E-state index in [1.807, 2.05) is 6.92 Å². The summed E-state index contributed by atoms with van der Waals surface area (Å²) in [6.45, 7) is 3.54. The van der Waals surface area contributed by atoms with Gasteiger partial charge in [0.1, 0.15) is 0 Å². The van der Waals surface area contributed by atoms with Crippen molar-refractivity contribution in [1.29, 1.82) is 0 Å². The molecular weight excluding hydrogens is 338 g/mol. The predicted molar refractivity (Wildman–Crippen MR) is 92.7 cm³/mol. The number of aromatic nitrogens is 2. The molecule has 0 unspecified atom stereocenters. The number of benzene rings is 1. The third-order valence-electron chi connectivity index (χ3n) is 3.17. The van der Waals surface area contributed by atoms with Gasteiger partial charge in [-0.05, 0) is 37.6 Å². The smallest absolute Gasteiger partial charge is 0.359 e. The number of hydrogen-bond acceptors (Lipinski definition) is 7. The van der Waals surface area contributed by atoms with Crippen LogP contribution in [0.3, 0.4) is 0 Å². The topological polar surface area (TPSA) is 107 Å². The van der Waals surface area contributed by atoms with E-state index < -0.39 is 24.5 Å². The van der Waals surface area contributed by atoms with Gasteiger partial charge in [0.2, 0.25) is 0 Å². The Morgan fingerprint density at radius 2 is 1.73 bits per heavy atom. The molecule has 0 saturated carbocycles. The number of esters is 2. The summed E-state index contributed by atoms with van der Waals surface area (Å²) >= 11 is 0. The molecule has 1 aromatic heterocycles. The first kappa shape index (κ1) is 19.0. The Balaban J connectivity index is 1.82. The zero-order chi connectivity index (χ0) is 18.9. The van der Waals surface area contributed by atoms with Gasteiger partial charge in [-0.2, -0.15) is 0 Å². The Bertz CT molecular complexity index is 772. The molecule has 2 aromatic rings. The Morgan fingerprint density at radius 1 is 1.00 bits per heavy atom. The van der Waals surface area contributed by atoms with E-state index in [-0.39, 0.29) is 5.69 Å². The lowest BCUT2D eigenvalue weighted by Gasteiger charge is -2.07. The van der Waals surface area contributed by atoms with E-state index >= 15 is 0 Å². The van der Waals surface area contributed by atoms with Crippen LogP contribution >= 0.6 is 0 Å². The molecule has 1 heterocycles. The predicted octanol–water partition coefficient (Wildman–Crippen LogP) is 2.15. The highest BCUT2D eigenvalue weighted by Gasteiger charge is 2.12. The fourth-order valence-corrected chi connectivity index (χ4v) is 1.87. The lowest BCUT2D eigenvalue weighted by atomic mass is 10.2. The molecule has 2 rings (SSSR count). The van der Waals surface area contributed by atoms with Crippen molar-refractivity contribution in [1.82, 2.24) is 9.97 Å². The maximum absolute atomic E-state index is 11.8. The van der Waals surface area contributed by atoms with Gasteiger partial charge in [-0.15, -0.1) is 0 Å². The molecule has 0 radical (unpaired) electrons. The van der Waals surface area contributed by atoms with Gasteiger partial charge < -0.3 is 14.8 Å². The second-order valence-corrected chi connectivity index (χ2v) is 5.38. The fraction of sp³-hybridized carbons (Fsp3) is 0.278. The normalized spacial score (nSPS) is 10.1. The maximum atomic E-state index is 11.8. The number of hydrogen-bond donors (Lipinski definition) is 1. The summed E-state index contributed by atoms with van der Waals surface area (Å²) < 4.78 is 9.90. The first-order chi connectivity index (χ1) is 12.5. The van der Waals surface area contributed by atoms with E-state index in [9.17, 15) is 14.4 Å². The number of aryl methyl sites for hydroxylation is 1. The van der Waals surface area contributed by atoms with Crippen molar-refractivity contribution in [2.24, 2.45) is 0 Å². The van der Waals surface area contributed by atoms with Gasteiger partial charge in [0.15, 0.2) is 12.3 Å². The highest BCUT2D eigenvalue weighted by atomic mass is 16.5. The minimum atomic E-state index is -0.735. The van der Waals surface area contributed by atoms with Crippen LogP contribution in [0.15, 0.2) is 36.7 Å². The van der Waals surface area contributed by atoms with Gasteiger partial charge in [-0.25, -0.2) is 14.6 Å². The Morgan fingerprint density at radius 3 is 2.35 bits per heavy atom. The average molecular weight is 357 g/mol. The number of nitrogens with one attached hydrogen (secondary N) is 1. The molecular formula is C18H19N3O5. The SMILES string of the molecule is CCCOC(=O)c1ccc(NC(=O)COC(=O)c2cnc(C)cn2)cc1. The molecule has 1 aromatic carbocycles. The third-order valence-corrected chi connectivity index (χ3v) is 3.17. The van der Waals surface area contributed by atoms with Crippen molar-refractivity contribution in [3.8, 4) is 0 Å². The van der Waals surface area contributed by atoms with Crippen LogP contribution in [0.2, 0.25) is 0 Å². The van der Waals surface area contributed by atoms with E-state index in [0.717, 1.165) is 6.42 Å². The standard InChI is InChI=1S/C18H19N3O5/c1-3-8-25-17(23)13-4-6-14(7-5-13)21-16(22)11-26-18(24)15-10-19-12(2)9-20-15/h4-7,9-10H,3,8,11H2,1-2H3,(H,21,22). The zero-order valence-electron chi connectivity index (χ0n) is 14.5. The first-order valence-electron chi connectivity index (χ1n) is 8.02. The molecule has 0 fully saturated rings. The van der Waals surface area contributed by atoms with Crippen LogP contribution in [0.1, 0.15) is 39.9 Å². The monoisotopic (exact) mass is 357 g/mol. The second-order valence-electron chi connectivity index (χ2n) is 5.38. The van der Waals surface area contributed by atoms with Crippen LogP contribution in [0.25, 0.3) is 0 Å². The van der Waals surface area contributed by atoms with Gasteiger partial charge in [0, 0.05) is 11.9 Å². The van der Waals surface area contributed by atoms with Crippen molar-refractivity contribution in [3.63, 3.8) is 0 Å². The quantitative estimate of drug-likeness (QED) is 0.756. The molecule has 0 atom stereocenters. The van der Waals surface area contributed by atoms with E-state index in [4.69, 9.17) is 9.47 Å². The van der Waals surface area contributed by atoms with Gasteiger partial charge in [0.05, 0.1) is 24.1 Å². The van der Waals surface area contributed by atoms with Crippen molar-refractivity contribution in [3.05, 3.63) is 53.6 Å². The lowest BCUT2D eigenvalue weighted by Crippen LogP contribution is -2.21. The molecule has 0 aliphatic carbocycles. The molecule has 26 heavy (non-hydrogen) atoms. The summed E-state index contributed by atoms with van der Waals surface area (Å²) in [5.41, 5.74) is 1.55. The molecule has 136 valence electrons. The Kier molecular flexibility index (Phi) is 6.78. The molecule has 0 aliphatic rings. The van der Waals surface area contributed by atoms with Crippen molar-refractivity contribution >= 4 is 23.5 Å². The number of nitrogens with zero attached hydrogens (tertiary/aromatic N) is 2. The molecule has 8 nitrogen and oxygen atoms in total. The number of anilines is 1. The number of ether oxygens (including phenoxy) is 2. The molecule has 8 heteroatoms. The van der Waals surface area contributed by atoms with Crippen LogP contribution in [0, 0.1) is 6.92 Å². The number of carbonyl (C=O) groups excluding carboxylic acids is 3. The van der Waals surface area contributed by atoms with Crippen LogP contribution in [0.4, 0.5) is 5.69 Å². The molecule has 0 saturated heterocycles. The van der Waals surface area contributed by atoms with Crippen LogP contribution in [-0.4, -0.2) is 41.0 Å². The largest absolute Gasteiger partial charge is 0.462 e. The number of amides is 1. The highest BCUT2D eigenvalue weighted by Crippen LogP contribution is 2.11.